The van der Waals surface area contributed by atoms with Crippen LogP contribution in [0.2, 0.25) is 0 Å². The molecule has 0 saturated heterocycles. The van der Waals surface area contributed by atoms with E-state index in [1.165, 1.54) is 0 Å². The van der Waals surface area contributed by atoms with E-state index in [-0.39, 0.29) is 6.04 Å². The van der Waals surface area contributed by atoms with Gasteiger partial charge in [0.15, 0.2) is 0 Å². The van der Waals surface area contributed by atoms with Crippen molar-refractivity contribution in [3.05, 3.63) is 24.3 Å². The first-order valence-corrected chi connectivity index (χ1v) is 8.72. The molecule has 0 unspecified atom stereocenters. The molecule has 1 aromatic heterocycles. The van der Waals surface area contributed by atoms with Crippen LogP contribution >= 0.6 is 0 Å². The van der Waals surface area contributed by atoms with Gasteiger partial charge in [0.2, 0.25) is 0 Å². The number of rotatable bonds is 0. The summed E-state index contributed by atoms with van der Waals surface area (Å²) in [5, 5.41) is 0. The summed E-state index contributed by atoms with van der Waals surface area (Å²) in [6.07, 6.45) is 6.89. The minimum atomic E-state index is -0.344. The average molecular weight is 346 g/mol. The molecular formula is C18H18N8. The monoisotopic (exact) mass is 346 g/mol. The summed E-state index contributed by atoms with van der Waals surface area (Å²) in [5.74, 6) is 4.73. The van der Waals surface area contributed by atoms with E-state index in [0.29, 0.717) is 0 Å². The summed E-state index contributed by atoms with van der Waals surface area (Å²) in [4.78, 5) is 27.7. The Bertz CT molecular complexity index is 934. The number of nitrogens with zero attached hydrogens (tertiary/aromatic N) is 7. The quantitative estimate of drug-likeness (QED) is 0.764. The van der Waals surface area contributed by atoms with Crippen LogP contribution in [0, 0.1) is 0 Å². The number of hydrogen-bond acceptors (Lipinski definition) is 7. The summed E-state index contributed by atoms with van der Waals surface area (Å²) in [7, 11) is 1.95. The second-order valence-electron chi connectivity index (χ2n) is 6.61. The Kier molecular flexibility index (Phi) is 3.39. The fourth-order valence-corrected chi connectivity index (χ4v) is 3.31. The van der Waals surface area contributed by atoms with Crippen molar-refractivity contribution in [2.75, 3.05) is 0 Å². The molecule has 1 aromatic rings. The van der Waals surface area contributed by atoms with E-state index in [1.807, 2.05) is 35.9 Å². The molecule has 0 spiro atoms. The molecule has 26 heavy (non-hydrogen) atoms. The largest absolute Gasteiger partial charge is 0.318 e. The standard InChI is InChI=1S/C18H18N8/c1-26-16-8-9-17(26)25-15-7-5-13(23-15)21-11-3-2-10(18(11)19)20-12-4-6-14(22-12)24-16/h2-3,8-9,18H,4-7,19H2,1H3. The highest BCUT2D eigenvalue weighted by Crippen LogP contribution is 2.26. The highest BCUT2D eigenvalue weighted by Gasteiger charge is 2.24. The topological polar surface area (TPSA) is 105 Å². The maximum absolute atomic E-state index is 6.30. The van der Waals surface area contributed by atoms with Gasteiger partial charge in [-0.05, 0) is 24.3 Å². The minimum absolute atomic E-state index is 0.344. The van der Waals surface area contributed by atoms with Gasteiger partial charge in [0.05, 0.1) is 17.5 Å². The third-order valence-electron chi connectivity index (χ3n) is 4.80. The predicted molar refractivity (Wildman–Crippen MR) is 105 cm³/mol. The zero-order valence-corrected chi connectivity index (χ0v) is 14.4. The smallest absolute Gasteiger partial charge is 0.136 e. The first kappa shape index (κ1) is 15.3. The van der Waals surface area contributed by atoms with Gasteiger partial charge < -0.3 is 10.3 Å². The summed E-state index contributed by atoms with van der Waals surface area (Å²) < 4.78 is 1.95. The zero-order chi connectivity index (χ0) is 17.7. The van der Waals surface area contributed by atoms with E-state index >= 15 is 0 Å². The lowest BCUT2D eigenvalue weighted by atomic mass is 10.2. The Morgan fingerprint density at radius 1 is 0.731 bits per heavy atom. The number of aliphatic imine (C=N–C) groups is 6. The number of hydrogen-bond donors (Lipinski definition) is 1. The number of amidine groups is 4. The molecule has 8 nitrogen and oxygen atoms in total. The summed E-state index contributed by atoms with van der Waals surface area (Å²) in [6, 6.07) is 3.55. The van der Waals surface area contributed by atoms with Crippen LogP contribution < -0.4 is 5.73 Å². The lowest BCUT2D eigenvalue weighted by Gasteiger charge is -2.06. The molecule has 0 radical (unpaired) electrons. The third kappa shape index (κ3) is 2.59. The molecule has 8 bridgehead atoms. The molecule has 2 N–H and O–H groups in total. The van der Waals surface area contributed by atoms with Crippen LogP contribution in [-0.4, -0.2) is 45.4 Å². The van der Waals surface area contributed by atoms with Gasteiger partial charge in [-0.2, -0.15) is 0 Å². The Balaban J connectivity index is 1.66. The van der Waals surface area contributed by atoms with Crippen molar-refractivity contribution >= 4 is 46.4 Å². The van der Waals surface area contributed by atoms with Crippen molar-refractivity contribution in [2.24, 2.45) is 42.7 Å². The molecule has 0 saturated carbocycles. The molecule has 0 atom stereocenters. The minimum Gasteiger partial charge on any atom is -0.318 e. The van der Waals surface area contributed by atoms with Gasteiger partial charge in [-0.15, -0.1) is 0 Å². The van der Waals surface area contributed by atoms with Crippen LogP contribution in [0.25, 0.3) is 0 Å². The van der Waals surface area contributed by atoms with Gasteiger partial charge >= 0.3 is 0 Å². The number of aromatic nitrogens is 1. The normalized spacial score (nSPS) is 24.0. The Labute approximate surface area is 150 Å². The lowest BCUT2D eigenvalue weighted by molar-refractivity contribution is 0.919. The van der Waals surface area contributed by atoms with Crippen LogP contribution in [-0.2, 0) is 7.05 Å². The fourth-order valence-electron chi connectivity index (χ4n) is 3.31. The maximum Gasteiger partial charge on any atom is 0.136 e. The molecule has 8 heteroatoms. The molecule has 5 rings (SSSR count). The number of fused-ring (bicyclic) bond motifs is 6. The average Bonchev–Trinajstić information content (AvgIpc) is 3.39. The highest BCUT2D eigenvalue weighted by molar-refractivity contribution is 6.30. The Morgan fingerprint density at radius 3 is 1.62 bits per heavy atom. The number of nitrogens with two attached hydrogens (primary N) is 1. The predicted octanol–water partition coefficient (Wildman–Crippen LogP) is 2.26. The van der Waals surface area contributed by atoms with Gasteiger partial charge in [0.1, 0.15) is 35.0 Å². The van der Waals surface area contributed by atoms with Crippen molar-refractivity contribution in [1.29, 1.82) is 0 Å². The molecule has 1 aliphatic carbocycles. The molecule has 4 aliphatic rings. The van der Waals surface area contributed by atoms with E-state index in [1.54, 1.807) is 0 Å². The zero-order valence-electron chi connectivity index (χ0n) is 14.4. The first-order valence-electron chi connectivity index (χ1n) is 8.72. The van der Waals surface area contributed by atoms with Gasteiger partial charge in [-0.25, -0.2) is 30.0 Å². The van der Waals surface area contributed by atoms with Gasteiger partial charge in [-0.1, -0.05) is 0 Å². The summed E-state index contributed by atoms with van der Waals surface area (Å²) >= 11 is 0. The highest BCUT2D eigenvalue weighted by atomic mass is 15.2. The van der Waals surface area contributed by atoms with Crippen molar-refractivity contribution in [3.8, 4) is 0 Å². The summed E-state index contributed by atoms with van der Waals surface area (Å²) in [5.41, 5.74) is 7.87. The summed E-state index contributed by atoms with van der Waals surface area (Å²) in [6.45, 7) is 0. The first-order chi connectivity index (χ1) is 12.7. The molecule has 0 aromatic carbocycles. The van der Waals surface area contributed by atoms with Crippen molar-refractivity contribution in [2.45, 2.75) is 31.7 Å². The van der Waals surface area contributed by atoms with Crippen molar-refractivity contribution in [1.82, 2.24) is 4.57 Å². The second-order valence-corrected chi connectivity index (χ2v) is 6.61. The van der Waals surface area contributed by atoms with Crippen molar-refractivity contribution < 1.29 is 0 Å². The SMILES string of the molecule is Cn1c2ccc1N=C1CCC(=N1)N=C1C=CC(=NC3=NC(=N2)CC3)C1N. The Morgan fingerprint density at radius 2 is 1.15 bits per heavy atom. The van der Waals surface area contributed by atoms with E-state index in [2.05, 4.69) is 30.0 Å². The van der Waals surface area contributed by atoms with Gasteiger partial charge in [-0.3, -0.25) is 0 Å². The molecule has 0 fully saturated rings. The van der Waals surface area contributed by atoms with E-state index < -0.39 is 0 Å². The van der Waals surface area contributed by atoms with Crippen LogP contribution in [0.4, 0.5) is 11.6 Å². The molecular weight excluding hydrogens is 328 g/mol. The molecule has 130 valence electrons. The van der Waals surface area contributed by atoms with Gasteiger partial charge in [0, 0.05) is 32.7 Å². The van der Waals surface area contributed by atoms with Crippen molar-refractivity contribution in [3.63, 3.8) is 0 Å². The van der Waals surface area contributed by atoms with Crippen LogP contribution in [0.1, 0.15) is 25.7 Å². The lowest BCUT2D eigenvalue weighted by Crippen LogP contribution is -2.33. The van der Waals surface area contributed by atoms with E-state index in [4.69, 9.17) is 5.73 Å². The van der Waals surface area contributed by atoms with E-state index in [9.17, 15) is 0 Å². The van der Waals surface area contributed by atoms with Crippen LogP contribution in [0.3, 0.4) is 0 Å². The molecule has 4 heterocycles. The van der Waals surface area contributed by atoms with Crippen LogP contribution in [0.15, 0.2) is 54.2 Å². The third-order valence-corrected chi connectivity index (χ3v) is 4.80. The Hall–Kier alpha value is -3.00. The second kappa shape index (κ2) is 5.77. The van der Waals surface area contributed by atoms with Gasteiger partial charge in [0.25, 0.3) is 0 Å². The molecule has 0 amide bonds. The van der Waals surface area contributed by atoms with Crippen LogP contribution in [0.5, 0.6) is 0 Å². The molecule has 3 aliphatic heterocycles. The fraction of sp³-hybridized carbons (Fsp3) is 0.333. The maximum atomic E-state index is 6.30. The van der Waals surface area contributed by atoms with E-state index in [0.717, 1.165) is 72.1 Å².